The van der Waals surface area contributed by atoms with Crippen molar-refractivity contribution >= 4 is 52.3 Å². The van der Waals surface area contributed by atoms with E-state index < -0.39 is 11.8 Å². The van der Waals surface area contributed by atoms with Crippen molar-refractivity contribution in [3.8, 4) is 0 Å². The summed E-state index contributed by atoms with van der Waals surface area (Å²) < 4.78 is 0. The predicted octanol–water partition coefficient (Wildman–Crippen LogP) is 4.02. The first-order valence-electron chi connectivity index (χ1n) is 6.25. The maximum Gasteiger partial charge on any atom is 0.253 e. The van der Waals surface area contributed by atoms with Gasteiger partial charge in [-0.05, 0) is 30.3 Å². The molecule has 0 unspecified atom stereocenters. The normalized spacial score (nSPS) is 10.1. The van der Waals surface area contributed by atoms with Crippen LogP contribution in [-0.4, -0.2) is 18.4 Å². The number of carbonyl (C=O) groups is 2. The third-order valence-electron chi connectivity index (χ3n) is 2.73. The summed E-state index contributed by atoms with van der Waals surface area (Å²) in [7, 11) is 0. The molecule has 2 amide bonds. The monoisotopic (exact) mass is 356 g/mol. The largest absolute Gasteiger partial charge is 0.343 e. The molecule has 4 nitrogen and oxygen atoms in total. The fourth-order valence-electron chi connectivity index (χ4n) is 1.69. The molecule has 7 heteroatoms. The number of carbonyl (C=O) groups excluding carboxylic acids is 2. The second-order valence-electron chi connectivity index (χ2n) is 4.33. The van der Waals surface area contributed by atoms with Crippen LogP contribution in [0.4, 0.5) is 5.69 Å². The van der Waals surface area contributed by atoms with Gasteiger partial charge >= 0.3 is 0 Å². The number of anilines is 1. The van der Waals surface area contributed by atoms with Crippen molar-refractivity contribution < 1.29 is 9.59 Å². The van der Waals surface area contributed by atoms with Crippen LogP contribution in [0.5, 0.6) is 0 Å². The lowest BCUT2D eigenvalue weighted by molar-refractivity contribution is -0.115. The second-order valence-corrected chi connectivity index (χ2v) is 5.59. The Kier molecular flexibility index (Phi) is 5.66. The zero-order valence-electron chi connectivity index (χ0n) is 11.2. The van der Waals surface area contributed by atoms with Gasteiger partial charge in [0.15, 0.2) is 0 Å². The quantitative estimate of drug-likeness (QED) is 0.868. The third kappa shape index (κ3) is 4.37. The number of rotatable bonds is 4. The highest BCUT2D eigenvalue weighted by atomic mass is 35.5. The molecule has 2 rings (SSSR count). The number of hydrogen-bond acceptors (Lipinski definition) is 2. The Labute approximate surface area is 142 Å². The Morgan fingerprint density at radius 3 is 2.41 bits per heavy atom. The molecular formula is C15H11Cl3N2O2. The van der Waals surface area contributed by atoms with Crippen molar-refractivity contribution in [3.63, 3.8) is 0 Å². The summed E-state index contributed by atoms with van der Waals surface area (Å²) in [4.78, 5) is 23.8. The van der Waals surface area contributed by atoms with Gasteiger partial charge in [-0.25, -0.2) is 0 Å². The van der Waals surface area contributed by atoms with Crippen molar-refractivity contribution in [2.24, 2.45) is 0 Å². The van der Waals surface area contributed by atoms with Crippen LogP contribution in [0.25, 0.3) is 0 Å². The minimum Gasteiger partial charge on any atom is -0.343 e. The van der Waals surface area contributed by atoms with Gasteiger partial charge in [0.2, 0.25) is 5.91 Å². The van der Waals surface area contributed by atoms with Crippen LogP contribution in [0.2, 0.25) is 15.1 Å². The standard InChI is InChI=1S/C15H11Cl3N2O2/c16-9-5-6-12(18)13(7-9)20-14(21)8-19-15(22)10-3-1-2-4-11(10)17/h1-7H,8H2,(H,19,22)(H,20,21). The molecule has 0 aliphatic rings. The van der Waals surface area contributed by atoms with Crippen molar-refractivity contribution in [2.45, 2.75) is 0 Å². The van der Waals surface area contributed by atoms with Crippen molar-refractivity contribution in [3.05, 3.63) is 63.1 Å². The van der Waals surface area contributed by atoms with Crippen LogP contribution in [-0.2, 0) is 4.79 Å². The average Bonchev–Trinajstić information content (AvgIpc) is 2.49. The SMILES string of the molecule is O=C(CNC(=O)c1ccccc1Cl)Nc1cc(Cl)ccc1Cl. The number of halogens is 3. The lowest BCUT2D eigenvalue weighted by Crippen LogP contribution is -2.33. The fraction of sp³-hybridized carbons (Fsp3) is 0.0667. The first kappa shape index (κ1) is 16.6. The molecule has 0 aliphatic carbocycles. The van der Waals surface area contributed by atoms with Gasteiger partial charge in [-0.15, -0.1) is 0 Å². The molecule has 0 saturated carbocycles. The number of nitrogens with one attached hydrogen (secondary N) is 2. The van der Waals surface area contributed by atoms with Gasteiger partial charge in [0.1, 0.15) is 0 Å². The van der Waals surface area contributed by atoms with Gasteiger partial charge in [0, 0.05) is 5.02 Å². The molecule has 22 heavy (non-hydrogen) atoms. The Morgan fingerprint density at radius 1 is 0.955 bits per heavy atom. The van der Waals surface area contributed by atoms with Gasteiger partial charge < -0.3 is 10.6 Å². The topological polar surface area (TPSA) is 58.2 Å². The lowest BCUT2D eigenvalue weighted by Gasteiger charge is -2.09. The molecule has 0 bridgehead atoms. The van der Waals surface area contributed by atoms with Crippen LogP contribution in [0, 0.1) is 0 Å². The van der Waals surface area contributed by atoms with Gasteiger partial charge in [0.05, 0.1) is 27.8 Å². The molecule has 0 fully saturated rings. The van der Waals surface area contributed by atoms with Crippen LogP contribution >= 0.6 is 34.8 Å². The maximum atomic E-state index is 11.9. The smallest absolute Gasteiger partial charge is 0.253 e. The molecule has 2 aromatic carbocycles. The Morgan fingerprint density at radius 2 is 1.68 bits per heavy atom. The molecule has 0 aromatic heterocycles. The summed E-state index contributed by atoms with van der Waals surface area (Å²) in [6.45, 7) is -0.215. The highest BCUT2D eigenvalue weighted by Crippen LogP contribution is 2.25. The van der Waals surface area contributed by atoms with E-state index in [1.54, 1.807) is 36.4 Å². The Balaban J connectivity index is 1.94. The molecule has 0 heterocycles. The highest BCUT2D eigenvalue weighted by molar-refractivity contribution is 6.35. The number of amides is 2. The van der Waals surface area contributed by atoms with E-state index in [1.165, 1.54) is 6.07 Å². The summed E-state index contributed by atoms with van der Waals surface area (Å²) in [6.07, 6.45) is 0. The first-order chi connectivity index (χ1) is 10.5. The summed E-state index contributed by atoms with van der Waals surface area (Å²) in [5.74, 6) is -0.859. The van der Waals surface area contributed by atoms with E-state index in [1.807, 2.05) is 0 Å². The van der Waals surface area contributed by atoms with Gasteiger partial charge in [-0.3, -0.25) is 9.59 Å². The van der Waals surface area contributed by atoms with E-state index in [-0.39, 0.29) is 6.54 Å². The minimum absolute atomic E-state index is 0.215. The number of benzene rings is 2. The summed E-state index contributed by atoms with van der Waals surface area (Å²) >= 11 is 17.7. The molecule has 0 aliphatic heterocycles. The lowest BCUT2D eigenvalue weighted by atomic mass is 10.2. The summed E-state index contributed by atoms with van der Waals surface area (Å²) in [6, 6.07) is 11.3. The van der Waals surface area contributed by atoms with Crippen molar-refractivity contribution in [1.82, 2.24) is 5.32 Å². The maximum absolute atomic E-state index is 11.9. The third-order valence-corrected chi connectivity index (χ3v) is 3.62. The van der Waals surface area contributed by atoms with E-state index in [0.717, 1.165) is 0 Å². The van der Waals surface area contributed by atoms with Crippen LogP contribution in [0.3, 0.4) is 0 Å². The fourth-order valence-corrected chi connectivity index (χ4v) is 2.25. The zero-order valence-corrected chi connectivity index (χ0v) is 13.5. The predicted molar refractivity (Wildman–Crippen MR) is 88.9 cm³/mol. The summed E-state index contributed by atoms with van der Waals surface area (Å²) in [5.41, 5.74) is 0.684. The average molecular weight is 358 g/mol. The molecule has 0 radical (unpaired) electrons. The van der Waals surface area contributed by atoms with Crippen molar-refractivity contribution in [1.29, 1.82) is 0 Å². The van der Waals surface area contributed by atoms with Gasteiger partial charge in [0.25, 0.3) is 5.91 Å². The van der Waals surface area contributed by atoms with E-state index in [9.17, 15) is 9.59 Å². The zero-order chi connectivity index (χ0) is 16.1. The second kappa shape index (κ2) is 7.49. The molecular weight excluding hydrogens is 347 g/mol. The molecule has 0 atom stereocenters. The molecule has 114 valence electrons. The number of hydrogen-bond donors (Lipinski definition) is 2. The van der Waals surface area contributed by atoms with Crippen LogP contribution in [0.15, 0.2) is 42.5 Å². The van der Waals surface area contributed by atoms with Crippen LogP contribution in [0.1, 0.15) is 10.4 Å². The van der Waals surface area contributed by atoms with E-state index in [0.29, 0.717) is 26.3 Å². The molecule has 2 aromatic rings. The Bertz CT molecular complexity index is 720. The highest BCUT2D eigenvalue weighted by Gasteiger charge is 2.12. The minimum atomic E-state index is -0.432. The first-order valence-corrected chi connectivity index (χ1v) is 7.38. The van der Waals surface area contributed by atoms with E-state index in [2.05, 4.69) is 10.6 Å². The van der Waals surface area contributed by atoms with E-state index >= 15 is 0 Å². The molecule has 2 N–H and O–H groups in total. The van der Waals surface area contributed by atoms with Gasteiger partial charge in [-0.2, -0.15) is 0 Å². The Hall–Kier alpha value is -1.75. The van der Waals surface area contributed by atoms with Crippen LogP contribution < -0.4 is 10.6 Å². The summed E-state index contributed by atoms with van der Waals surface area (Å²) in [5, 5.41) is 6.17. The van der Waals surface area contributed by atoms with E-state index in [4.69, 9.17) is 34.8 Å². The van der Waals surface area contributed by atoms with Crippen molar-refractivity contribution in [2.75, 3.05) is 11.9 Å². The van der Waals surface area contributed by atoms with Gasteiger partial charge in [-0.1, -0.05) is 46.9 Å². The molecule has 0 spiro atoms. The molecule has 0 saturated heterocycles.